The smallest absolute Gasteiger partial charge is 0.338 e. The van der Waals surface area contributed by atoms with Crippen LogP contribution >= 0.6 is 11.3 Å². The van der Waals surface area contributed by atoms with Crippen LogP contribution in [-0.2, 0) is 29.2 Å². The second kappa shape index (κ2) is 9.18. The molecule has 8 heteroatoms. The van der Waals surface area contributed by atoms with Crippen molar-refractivity contribution in [3.8, 4) is 0 Å². The van der Waals surface area contributed by atoms with Gasteiger partial charge in [-0.25, -0.2) is 9.59 Å². The molecule has 0 aliphatic rings. The summed E-state index contributed by atoms with van der Waals surface area (Å²) in [4.78, 5) is 25.9. The van der Waals surface area contributed by atoms with Gasteiger partial charge >= 0.3 is 11.7 Å². The van der Waals surface area contributed by atoms with Crippen LogP contribution in [-0.4, -0.2) is 39.5 Å². The fourth-order valence-corrected chi connectivity index (χ4v) is 3.74. The van der Waals surface area contributed by atoms with Crippen LogP contribution in [0.1, 0.15) is 29.1 Å². The highest BCUT2D eigenvalue weighted by Gasteiger charge is 2.18. The van der Waals surface area contributed by atoms with Crippen LogP contribution in [0, 0.1) is 0 Å². The Hall–Kier alpha value is -2.42. The lowest BCUT2D eigenvalue weighted by atomic mass is 10.2. The van der Waals surface area contributed by atoms with Gasteiger partial charge in [-0.15, -0.1) is 11.3 Å². The van der Waals surface area contributed by atoms with Crippen molar-refractivity contribution in [2.75, 3.05) is 13.2 Å². The number of nitrogens with zero attached hydrogens (tertiary/aromatic N) is 2. The van der Waals surface area contributed by atoms with E-state index in [1.165, 1.54) is 4.57 Å². The molecule has 1 aromatic carbocycles. The fraction of sp³-hybridized carbons (Fsp3) is 0.400. The maximum absolute atomic E-state index is 12.8. The predicted octanol–water partition coefficient (Wildman–Crippen LogP) is 2.64. The van der Waals surface area contributed by atoms with Crippen LogP contribution in [0.4, 0.5) is 0 Å². The molecule has 0 radical (unpaired) electrons. The molecule has 2 aromatic heterocycles. The summed E-state index contributed by atoms with van der Waals surface area (Å²) >= 11 is 1.59. The number of imidazole rings is 1. The number of rotatable bonds is 9. The topological polar surface area (TPSA) is 82.7 Å². The molecular formula is C20H24N2O5S. The molecule has 0 aliphatic heterocycles. The average Bonchev–Trinajstić information content (AvgIpc) is 3.28. The van der Waals surface area contributed by atoms with Crippen molar-refractivity contribution < 1.29 is 19.4 Å². The molecule has 0 spiro atoms. The number of thiophene rings is 1. The van der Waals surface area contributed by atoms with E-state index in [2.05, 4.69) is 0 Å². The van der Waals surface area contributed by atoms with E-state index in [4.69, 9.17) is 9.47 Å². The average molecular weight is 404 g/mol. The monoisotopic (exact) mass is 404 g/mol. The summed E-state index contributed by atoms with van der Waals surface area (Å²) in [5.41, 5.74) is 1.46. The lowest BCUT2D eigenvalue weighted by Crippen LogP contribution is -2.30. The second-order valence-electron chi connectivity index (χ2n) is 6.31. The van der Waals surface area contributed by atoms with E-state index < -0.39 is 12.1 Å². The first-order chi connectivity index (χ1) is 13.5. The van der Waals surface area contributed by atoms with E-state index in [-0.39, 0.29) is 25.4 Å². The number of aliphatic hydroxyl groups excluding tert-OH is 1. The summed E-state index contributed by atoms with van der Waals surface area (Å²) in [6, 6.07) is 8.94. The minimum atomic E-state index is -0.847. The van der Waals surface area contributed by atoms with E-state index in [0.717, 1.165) is 4.88 Å². The first-order valence-electron chi connectivity index (χ1n) is 9.23. The highest BCUT2D eigenvalue weighted by Crippen LogP contribution is 2.17. The Kier molecular flexibility index (Phi) is 6.66. The van der Waals surface area contributed by atoms with Crippen LogP contribution in [0.3, 0.4) is 0 Å². The van der Waals surface area contributed by atoms with Gasteiger partial charge < -0.3 is 14.6 Å². The number of carbonyl (C=O) groups excluding carboxylic acids is 1. The van der Waals surface area contributed by atoms with E-state index in [0.29, 0.717) is 29.7 Å². The first kappa shape index (κ1) is 20.3. The standard InChI is InChI=1S/C20H24N2O5S/c1-3-21-17-8-7-14(19(24)27-4-2)10-18(17)22(20(21)25)11-15(23)12-26-13-16-6-5-9-28-16/h5-10,15,23H,3-4,11-13H2,1-2H3. The zero-order chi connectivity index (χ0) is 20.1. The Morgan fingerprint density at radius 1 is 1.21 bits per heavy atom. The molecule has 2 heterocycles. The SMILES string of the molecule is CCOC(=O)c1ccc2c(c1)n(CC(O)COCc1cccs1)c(=O)n2CC. The molecule has 7 nitrogen and oxygen atoms in total. The lowest BCUT2D eigenvalue weighted by Gasteiger charge is -2.12. The zero-order valence-electron chi connectivity index (χ0n) is 16.0. The molecule has 0 saturated carbocycles. The summed E-state index contributed by atoms with van der Waals surface area (Å²) < 4.78 is 13.7. The minimum absolute atomic E-state index is 0.0824. The number of ether oxygens (including phenoxy) is 2. The van der Waals surface area contributed by atoms with E-state index in [1.54, 1.807) is 41.0 Å². The molecule has 28 heavy (non-hydrogen) atoms. The molecule has 1 N–H and O–H groups in total. The largest absolute Gasteiger partial charge is 0.462 e. The molecule has 0 saturated heterocycles. The van der Waals surface area contributed by atoms with E-state index in [9.17, 15) is 14.7 Å². The Labute approximate surface area is 166 Å². The van der Waals surface area contributed by atoms with Gasteiger partial charge in [0.15, 0.2) is 0 Å². The quantitative estimate of drug-likeness (QED) is 0.555. The second-order valence-corrected chi connectivity index (χ2v) is 7.34. The Morgan fingerprint density at radius 2 is 2.04 bits per heavy atom. The summed E-state index contributed by atoms with van der Waals surface area (Å²) in [6.45, 7) is 5.01. The zero-order valence-corrected chi connectivity index (χ0v) is 16.8. The van der Waals surface area contributed by atoms with Crippen molar-refractivity contribution in [3.63, 3.8) is 0 Å². The third-order valence-corrected chi connectivity index (χ3v) is 5.22. The van der Waals surface area contributed by atoms with E-state index in [1.807, 2.05) is 24.4 Å². The summed E-state index contributed by atoms with van der Waals surface area (Å²) in [5, 5.41) is 12.3. The third-order valence-electron chi connectivity index (χ3n) is 4.37. The molecule has 0 aliphatic carbocycles. The molecule has 3 rings (SSSR count). The van der Waals surface area contributed by atoms with Gasteiger partial charge in [-0.3, -0.25) is 9.13 Å². The van der Waals surface area contributed by atoms with Gasteiger partial charge in [0.25, 0.3) is 0 Å². The minimum Gasteiger partial charge on any atom is -0.462 e. The molecule has 0 fully saturated rings. The number of fused-ring (bicyclic) bond motifs is 1. The number of hydrogen-bond acceptors (Lipinski definition) is 6. The van der Waals surface area contributed by atoms with Gasteiger partial charge in [-0.2, -0.15) is 0 Å². The van der Waals surface area contributed by atoms with Gasteiger partial charge in [0, 0.05) is 11.4 Å². The van der Waals surface area contributed by atoms with Crippen molar-refractivity contribution in [3.05, 3.63) is 56.6 Å². The van der Waals surface area contributed by atoms with Crippen molar-refractivity contribution in [2.24, 2.45) is 0 Å². The van der Waals surface area contributed by atoms with Crippen LogP contribution in [0.15, 0.2) is 40.5 Å². The van der Waals surface area contributed by atoms with Crippen LogP contribution in [0.5, 0.6) is 0 Å². The predicted molar refractivity (Wildman–Crippen MR) is 108 cm³/mol. The first-order valence-corrected chi connectivity index (χ1v) is 10.1. The van der Waals surface area contributed by atoms with Crippen molar-refractivity contribution in [2.45, 2.75) is 39.6 Å². The Balaban J connectivity index is 1.81. The number of benzene rings is 1. The number of carbonyl (C=O) groups is 1. The molecule has 0 amide bonds. The summed E-state index contributed by atoms with van der Waals surface area (Å²) in [6.07, 6.45) is -0.847. The van der Waals surface area contributed by atoms with Crippen molar-refractivity contribution in [1.82, 2.24) is 9.13 Å². The molecule has 0 bridgehead atoms. The highest BCUT2D eigenvalue weighted by atomic mass is 32.1. The Morgan fingerprint density at radius 3 is 2.71 bits per heavy atom. The van der Waals surface area contributed by atoms with Crippen LogP contribution in [0.25, 0.3) is 11.0 Å². The number of aryl methyl sites for hydroxylation is 1. The molecular weight excluding hydrogens is 380 g/mol. The number of aromatic nitrogens is 2. The number of hydrogen-bond donors (Lipinski definition) is 1. The maximum Gasteiger partial charge on any atom is 0.338 e. The number of aliphatic hydroxyl groups is 1. The van der Waals surface area contributed by atoms with Crippen LogP contribution < -0.4 is 5.69 Å². The highest BCUT2D eigenvalue weighted by molar-refractivity contribution is 7.09. The number of esters is 1. The van der Waals surface area contributed by atoms with Gasteiger partial charge in [0.1, 0.15) is 0 Å². The molecule has 150 valence electrons. The van der Waals surface area contributed by atoms with Crippen molar-refractivity contribution in [1.29, 1.82) is 0 Å². The van der Waals surface area contributed by atoms with Gasteiger partial charge in [0.2, 0.25) is 0 Å². The van der Waals surface area contributed by atoms with Gasteiger partial charge in [-0.1, -0.05) is 6.07 Å². The Bertz CT molecular complexity index is 990. The fourth-order valence-electron chi connectivity index (χ4n) is 3.10. The lowest BCUT2D eigenvalue weighted by molar-refractivity contribution is 0.0213. The van der Waals surface area contributed by atoms with Crippen LogP contribution in [0.2, 0.25) is 0 Å². The summed E-state index contributed by atoms with van der Waals surface area (Å²) in [5.74, 6) is -0.438. The molecule has 1 atom stereocenters. The van der Waals surface area contributed by atoms with Gasteiger partial charge in [-0.05, 0) is 43.5 Å². The normalized spacial score (nSPS) is 12.4. The van der Waals surface area contributed by atoms with Gasteiger partial charge in [0.05, 0.1) is 49.1 Å². The van der Waals surface area contributed by atoms with E-state index >= 15 is 0 Å². The maximum atomic E-state index is 12.8. The third kappa shape index (κ3) is 4.35. The molecule has 1 unspecified atom stereocenters. The summed E-state index contributed by atoms with van der Waals surface area (Å²) in [7, 11) is 0. The molecule has 3 aromatic rings. The van der Waals surface area contributed by atoms with Crippen molar-refractivity contribution >= 4 is 28.3 Å².